The zero-order chi connectivity index (χ0) is 17.4. The van der Waals surface area contributed by atoms with Gasteiger partial charge in [-0.3, -0.25) is 4.79 Å². The minimum atomic E-state index is 0.223. The summed E-state index contributed by atoms with van der Waals surface area (Å²) in [7, 11) is 0. The van der Waals surface area contributed by atoms with E-state index in [2.05, 4.69) is 29.6 Å². The first-order valence-corrected chi connectivity index (χ1v) is 10.4. The minimum absolute atomic E-state index is 0.223. The average Bonchev–Trinajstić information content (AvgIpc) is 3.19. The SMILES string of the molecule is CCc1c(C(=O)N2CCC(c3nccn3CC3CC3)CC2)csc1C. The Morgan fingerprint density at radius 2 is 2.04 bits per heavy atom. The van der Waals surface area contributed by atoms with Crippen LogP contribution in [-0.2, 0) is 13.0 Å². The van der Waals surface area contributed by atoms with Crippen molar-refractivity contribution in [2.24, 2.45) is 5.92 Å². The second-order valence-electron chi connectivity index (χ2n) is 7.49. The molecule has 0 atom stereocenters. The molecule has 1 saturated heterocycles. The Morgan fingerprint density at radius 1 is 1.28 bits per heavy atom. The molecular formula is C20H27N3OS. The minimum Gasteiger partial charge on any atom is -0.339 e. The molecule has 4 rings (SSSR count). The molecule has 1 amide bonds. The average molecular weight is 358 g/mol. The van der Waals surface area contributed by atoms with E-state index in [9.17, 15) is 4.79 Å². The molecule has 2 aromatic rings. The van der Waals surface area contributed by atoms with Crippen molar-refractivity contribution in [2.45, 2.75) is 58.4 Å². The number of aromatic nitrogens is 2. The molecule has 1 aliphatic carbocycles. The Kier molecular flexibility index (Phi) is 4.67. The Hall–Kier alpha value is -1.62. The van der Waals surface area contributed by atoms with Crippen molar-refractivity contribution >= 4 is 17.2 Å². The van der Waals surface area contributed by atoms with Gasteiger partial charge >= 0.3 is 0 Å². The first-order valence-electron chi connectivity index (χ1n) is 9.54. The van der Waals surface area contributed by atoms with E-state index in [4.69, 9.17) is 0 Å². The lowest BCUT2D eigenvalue weighted by atomic mass is 9.95. The van der Waals surface area contributed by atoms with Gasteiger partial charge in [0, 0.05) is 48.2 Å². The van der Waals surface area contributed by atoms with Gasteiger partial charge in [0.2, 0.25) is 0 Å². The van der Waals surface area contributed by atoms with E-state index in [0.717, 1.165) is 50.4 Å². The molecule has 4 nitrogen and oxygen atoms in total. The smallest absolute Gasteiger partial charge is 0.254 e. The number of amides is 1. The summed E-state index contributed by atoms with van der Waals surface area (Å²) in [6, 6.07) is 0. The maximum absolute atomic E-state index is 12.9. The summed E-state index contributed by atoms with van der Waals surface area (Å²) in [6.07, 6.45) is 9.79. The first-order chi connectivity index (χ1) is 12.2. The van der Waals surface area contributed by atoms with Gasteiger partial charge in [-0.25, -0.2) is 4.98 Å². The second-order valence-corrected chi connectivity index (χ2v) is 8.57. The number of piperidine rings is 1. The van der Waals surface area contributed by atoms with Crippen molar-refractivity contribution in [1.82, 2.24) is 14.5 Å². The standard InChI is InChI=1S/C20H27N3OS/c1-3-17-14(2)25-13-18(17)20(24)22-9-6-16(7-10-22)19-21-8-11-23(19)12-15-4-5-15/h8,11,13,15-16H,3-7,9-10,12H2,1-2H3. The summed E-state index contributed by atoms with van der Waals surface area (Å²) >= 11 is 1.70. The number of thiophene rings is 1. The summed E-state index contributed by atoms with van der Waals surface area (Å²) in [5.41, 5.74) is 2.16. The van der Waals surface area contributed by atoms with Crippen LogP contribution in [0.1, 0.15) is 65.1 Å². The van der Waals surface area contributed by atoms with Gasteiger partial charge in [0.15, 0.2) is 0 Å². The quantitative estimate of drug-likeness (QED) is 0.802. The molecule has 2 aliphatic rings. The number of carbonyl (C=O) groups is 1. The summed E-state index contributed by atoms with van der Waals surface area (Å²) in [5.74, 6) is 2.82. The number of nitrogens with zero attached hydrogens (tertiary/aromatic N) is 3. The molecule has 1 aliphatic heterocycles. The van der Waals surface area contributed by atoms with Crippen molar-refractivity contribution < 1.29 is 4.79 Å². The Bertz CT molecular complexity index is 751. The van der Waals surface area contributed by atoms with E-state index in [1.165, 1.54) is 29.1 Å². The molecule has 134 valence electrons. The van der Waals surface area contributed by atoms with Crippen LogP contribution in [0.5, 0.6) is 0 Å². The monoisotopic (exact) mass is 357 g/mol. The molecule has 2 aromatic heterocycles. The van der Waals surface area contributed by atoms with E-state index in [1.807, 2.05) is 16.5 Å². The number of aryl methyl sites for hydroxylation is 1. The third-order valence-electron chi connectivity index (χ3n) is 5.73. The lowest BCUT2D eigenvalue weighted by Gasteiger charge is -2.32. The molecule has 3 heterocycles. The third-order valence-corrected chi connectivity index (χ3v) is 6.69. The van der Waals surface area contributed by atoms with Gasteiger partial charge in [-0.1, -0.05) is 6.92 Å². The lowest BCUT2D eigenvalue weighted by Crippen LogP contribution is -2.38. The molecule has 0 spiro atoms. The van der Waals surface area contributed by atoms with Crippen LogP contribution < -0.4 is 0 Å². The molecule has 2 fully saturated rings. The zero-order valence-electron chi connectivity index (χ0n) is 15.2. The van der Waals surface area contributed by atoms with Crippen molar-refractivity contribution in [3.8, 4) is 0 Å². The molecule has 0 radical (unpaired) electrons. The predicted molar refractivity (Wildman–Crippen MR) is 101 cm³/mol. The molecular weight excluding hydrogens is 330 g/mol. The van der Waals surface area contributed by atoms with Crippen LogP contribution in [0.15, 0.2) is 17.8 Å². The van der Waals surface area contributed by atoms with E-state index >= 15 is 0 Å². The van der Waals surface area contributed by atoms with Crippen LogP contribution in [0.3, 0.4) is 0 Å². The Balaban J connectivity index is 1.41. The van der Waals surface area contributed by atoms with Gasteiger partial charge < -0.3 is 9.47 Å². The fraction of sp³-hybridized carbons (Fsp3) is 0.600. The topological polar surface area (TPSA) is 38.1 Å². The van der Waals surface area contributed by atoms with Crippen LogP contribution in [-0.4, -0.2) is 33.4 Å². The summed E-state index contributed by atoms with van der Waals surface area (Å²) in [6.45, 7) is 7.07. The van der Waals surface area contributed by atoms with Gasteiger partial charge in [0.05, 0.1) is 5.56 Å². The van der Waals surface area contributed by atoms with Crippen LogP contribution in [0.2, 0.25) is 0 Å². The van der Waals surface area contributed by atoms with Crippen molar-refractivity contribution in [3.05, 3.63) is 39.6 Å². The van der Waals surface area contributed by atoms with Crippen molar-refractivity contribution in [3.63, 3.8) is 0 Å². The summed E-state index contributed by atoms with van der Waals surface area (Å²) in [5, 5.41) is 2.05. The second kappa shape index (κ2) is 6.94. The zero-order valence-corrected chi connectivity index (χ0v) is 16.0. The van der Waals surface area contributed by atoms with Crippen LogP contribution >= 0.6 is 11.3 Å². The molecule has 5 heteroatoms. The molecule has 0 aromatic carbocycles. The van der Waals surface area contributed by atoms with E-state index in [-0.39, 0.29) is 5.91 Å². The van der Waals surface area contributed by atoms with Crippen LogP contribution in [0.4, 0.5) is 0 Å². The molecule has 0 unspecified atom stereocenters. The molecule has 25 heavy (non-hydrogen) atoms. The van der Waals surface area contributed by atoms with Crippen molar-refractivity contribution in [1.29, 1.82) is 0 Å². The number of imidazole rings is 1. The van der Waals surface area contributed by atoms with E-state index < -0.39 is 0 Å². The first kappa shape index (κ1) is 16.8. The molecule has 1 saturated carbocycles. The number of rotatable bonds is 5. The van der Waals surface area contributed by atoms with Gasteiger partial charge in [-0.2, -0.15) is 0 Å². The van der Waals surface area contributed by atoms with Crippen LogP contribution in [0, 0.1) is 12.8 Å². The van der Waals surface area contributed by atoms with E-state index in [1.54, 1.807) is 11.3 Å². The third kappa shape index (κ3) is 3.39. The van der Waals surface area contributed by atoms with E-state index in [0.29, 0.717) is 5.92 Å². The van der Waals surface area contributed by atoms with Gasteiger partial charge in [-0.05, 0) is 50.5 Å². The highest BCUT2D eigenvalue weighted by Crippen LogP contribution is 2.34. The number of hydrogen-bond acceptors (Lipinski definition) is 3. The maximum Gasteiger partial charge on any atom is 0.254 e. The number of likely N-dealkylation sites (tertiary alicyclic amines) is 1. The maximum atomic E-state index is 12.9. The highest BCUT2D eigenvalue weighted by atomic mass is 32.1. The van der Waals surface area contributed by atoms with Gasteiger partial charge in [-0.15, -0.1) is 11.3 Å². The molecule has 0 N–H and O–H groups in total. The van der Waals surface area contributed by atoms with Crippen LogP contribution in [0.25, 0.3) is 0 Å². The summed E-state index contributed by atoms with van der Waals surface area (Å²) in [4.78, 5) is 20.9. The Labute approximate surface area is 153 Å². The number of hydrogen-bond donors (Lipinski definition) is 0. The fourth-order valence-electron chi connectivity index (χ4n) is 4.02. The van der Waals surface area contributed by atoms with Gasteiger partial charge in [0.25, 0.3) is 5.91 Å². The lowest BCUT2D eigenvalue weighted by molar-refractivity contribution is 0.0709. The molecule has 0 bridgehead atoms. The number of carbonyl (C=O) groups excluding carboxylic acids is 1. The summed E-state index contributed by atoms with van der Waals surface area (Å²) < 4.78 is 2.36. The van der Waals surface area contributed by atoms with Crippen molar-refractivity contribution in [2.75, 3.05) is 13.1 Å². The highest BCUT2D eigenvalue weighted by Gasteiger charge is 2.29. The Morgan fingerprint density at radius 3 is 2.72 bits per heavy atom. The largest absolute Gasteiger partial charge is 0.339 e. The predicted octanol–water partition coefficient (Wildman–Crippen LogP) is 4.25. The fourth-order valence-corrected chi connectivity index (χ4v) is 4.96. The highest BCUT2D eigenvalue weighted by molar-refractivity contribution is 7.10. The normalized spacial score (nSPS) is 18.7. The van der Waals surface area contributed by atoms with Gasteiger partial charge in [0.1, 0.15) is 5.82 Å².